The van der Waals surface area contributed by atoms with E-state index in [-0.39, 0.29) is 36.0 Å². The van der Waals surface area contributed by atoms with Crippen LogP contribution in [0.5, 0.6) is 0 Å². The summed E-state index contributed by atoms with van der Waals surface area (Å²) in [6.45, 7) is 5.13. The Morgan fingerprint density at radius 2 is 1.96 bits per heavy atom. The molecule has 0 saturated carbocycles. The summed E-state index contributed by atoms with van der Waals surface area (Å²) in [6, 6.07) is 6.39. The van der Waals surface area contributed by atoms with E-state index in [0.717, 1.165) is 16.5 Å². The van der Waals surface area contributed by atoms with Crippen LogP contribution in [0.15, 0.2) is 30.5 Å². The minimum absolute atomic E-state index is 0. The van der Waals surface area contributed by atoms with Crippen LogP contribution in [0.1, 0.15) is 26.3 Å². The predicted molar refractivity (Wildman–Crippen MR) is 80.2 cm³/mol. The molecule has 6 nitrogen and oxygen atoms in total. The molecule has 0 radical (unpaired) electrons. The number of ether oxygens (including phenoxy) is 1. The molecule has 7 heteroatoms. The van der Waals surface area contributed by atoms with Gasteiger partial charge >= 0.3 is 35.7 Å². The summed E-state index contributed by atoms with van der Waals surface area (Å²) < 4.78 is 5.08. The number of alkyl carbamates (subject to hydrolysis) is 1. The quantitative estimate of drug-likeness (QED) is 0.659. The Hall–Kier alpha value is -1.50. The number of carboxylic acids is 1. The van der Waals surface area contributed by atoms with Crippen LogP contribution < -0.4 is 40.0 Å². The van der Waals surface area contributed by atoms with E-state index < -0.39 is 23.7 Å². The summed E-state index contributed by atoms with van der Waals surface area (Å²) in [5, 5.41) is 14.5. The number of fused-ring (bicyclic) bond motifs is 1. The van der Waals surface area contributed by atoms with Gasteiger partial charge in [-0.2, -0.15) is 0 Å². The van der Waals surface area contributed by atoms with Crippen molar-refractivity contribution in [3.8, 4) is 0 Å². The molecule has 1 aromatic carbocycles. The van der Waals surface area contributed by atoms with Crippen molar-refractivity contribution < 1.29 is 49.0 Å². The summed E-state index contributed by atoms with van der Waals surface area (Å²) in [6.07, 6.45) is 1.07. The Balaban J connectivity index is 0.00000264. The first-order valence-electron chi connectivity index (χ1n) is 7.01. The van der Waals surface area contributed by atoms with E-state index in [1.54, 1.807) is 27.0 Å². The molecule has 0 bridgehead atoms. The van der Waals surface area contributed by atoms with Gasteiger partial charge in [0.05, 0.1) is 12.0 Å². The molecule has 0 fully saturated rings. The molecule has 1 amide bonds. The van der Waals surface area contributed by atoms with Crippen LogP contribution >= 0.6 is 0 Å². The number of aliphatic carboxylic acids is 1. The Morgan fingerprint density at radius 3 is 2.57 bits per heavy atom. The van der Waals surface area contributed by atoms with Crippen LogP contribution in [-0.2, 0) is 16.0 Å². The van der Waals surface area contributed by atoms with Crippen molar-refractivity contribution in [2.45, 2.75) is 38.8 Å². The van der Waals surface area contributed by atoms with Crippen molar-refractivity contribution in [3.63, 3.8) is 0 Å². The molecular formula is C16H19N2NaO4. The van der Waals surface area contributed by atoms with Crippen LogP contribution in [0, 0.1) is 0 Å². The number of aromatic amines is 1. The third kappa shape index (κ3) is 5.57. The van der Waals surface area contributed by atoms with Gasteiger partial charge in [0.1, 0.15) is 5.60 Å². The normalized spacial score (nSPS) is 12.3. The van der Waals surface area contributed by atoms with Crippen molar-refractivity contribution in [1.82, 2.24) is 10.3 Å². The van der Waals surface area contributed by atoms with Gasteiger partial charge in [-0.15, -0.1) is 0 Å². The van der Waals surface area contributed by atoms with Gasteiger partial charge in [-0.1, -0.05) is 18.2 Å². The molecule has 0 aliphatic rings. The average molecular weight is 326 g/mol. The van der Waals surface area contributed by atoms with Gasteiger partial charge in [-0.05, 0) is 32.4 Å². The maximum atomic E-state index is 11.7. The largest absolute Gasteiger partial charge is 1.00 e. The van der Waals surface area contributed by atoms with Crippen LogP contribution in [0.3, 0.4) is 0 Å². The molecule has 1 aromatic heterocycles. The Labute approximate surface area is 156 Å². The molecule has 2 aromatic rings. The number of hydrogen-bond acceptors (Lipinski definition) is 4. The van der Waals surface area contributed by atoms with Gasteiger partial charge < -0.3 is 24.9 Å². The third-order valence-electron chi connectivity index (χ3n) is 3.07. The standard InChI is InChI=1S/C16H20N2O4.Na/c1-16(2,3)22-15(21)18-13(14(19)20)8-10-9-17-12-7-5-4-6-11(10)12;/h4-7,9,13,17H,8H2,1-3H3,(H,18,21)(H,19,20);/q;+1/p-1/t13-;/m0./s1. The average Bonchev–Trinajstić information content (AvgIpc) is 2.79. The minimum Gasteiger partial charge on any atom is -0.548 e. The fourth-order valence-corrected chi connectivity index (χ4v) is 2.16. The fraction of sp³-hybridized carbons (Fsp3) is 0.375. The number of nitrogens with one attached hydrogen (secondary N) is 2. The van der Waals surface area contributed by atoms with Crippen LogP contribution in [0.4, 0.5) is 4.79 Å². The molecule has 2 N–H and O–H groups in total. The van der Waals surface area contributed by atoms with Gasteiger partial charge in [0, 0.05) is 23.5 Å². The second-order valence-corrected chi connectivity index (χ2v) is 6.08. The molecule has 23 heavy (non-hydrogen) atoms. The second kappa shape index (κ2) is 7.86. The maximum Gasteiger partial charge on any atom is 1.00 e. The minimum atomic E-state index is -1.35. The Morgan fingerprint density at radius 1 is 1.30 bits per heavy atom. The van der Waals surface area contributed by atoms with Crippen molar-refractivity contribution in [1.29, 1.82) is 0 Å². The van der Waals surface area contributed by atoms with E-state index in [0.29, 0.717) is 0 Å². The monoisotopic (exact) mass is 326 g/mol. The molecule has 0 aliphatic carbocycles. The summed E-state index contributed by atoms with van der Waals surface area (Å²) in [5.41, 5.74) is 1.01. The molecule has 0 aliphatic heterocycles. The Bertz CT molecular complexity index is 691. The summed E-state index contributed by atoms with van der Waals surface area (Å²) in [7, 11) is 0. The van der Waals surface area contributed by atoms with Gasteiger partial charge in [0.15, 0.2) is 0 Å². The van der Waals surface area contributed by atoms with E-state index >= 15 is 0 Å². The number of carbonyl (C=O) groups excluding carboxylic acids is 2. The van der Waals surface area contributed by atoms with Crippen molar-refractivity contribution in [2.24, 2.45) is 0 Å². The number of carboxylic acid groups (broad SMARTS) is 1. The molecule has 1 atom stereocenters. The molecule has 2 rings (SSSR count). The smallest absolute Gasteiger partial charge is 0.548 e. The zero-order valence-corrected chi connectivity index (χ0v) is 15.8. The van der Waals surface area contributed by atoms with E-state index in [1.165, 1.54) is 0 Å². The number of amides is 1. The van der Waals surface area contributed by atoms with Crippen LogP contribution in [0.2, 0.25) is 0 Å². The summed E-state index contributed by atoms with van der Waals surface area (Å²) in [4.78, 5) is 26.1. The Kier molecular flexibility index (Phi) is 6.68. The number of carbonyl (C=O) groups is 2. The van der Waals surface area contributed by atoms with Gasteiger partial charge in [-0.25, -0.2) is 4.79 Å². The number of H-pyrrole nitrogens is 1. The zero-order valence-electron chi connectivity index (χ0n) is 13.8. The number of hydrogen-bond donors (Lipinski definition) is 2. The van der Waals surface area contributed by atoms with E-state index in [4.69, 9.17) is 4.74 Å². The van der Waals surface area contributed by atoms with Gasteiger partial charge in [0.25, 0.3) is 0 Å². The number of benzene rings is 1. The van der Waals surface area contributed by atoms with Crippen molar-refractivity contribution >= 4 is 23.0 Å². The van der Waals surface area contributed by atoms with E-state index in [9.17, 15) is 14.7 Å². The topological polar surface area (TPSA) is 94.2 Å². The molecule has 1 heterocycles. The summed E-state index contributed by atoms with van der Waals surface area (Å²) in [5.74, 6) is -1.35. The van der Waals surface area contributed by atoms with E-state index in [1.807, 2.05) is 24.3 Å². The summed E-state index contributed by atoms with van der Waals surface area (Å²) >= 11 is 0. The number of rotatable bonds is 4. The first-order chi connectivity index (χ1) is 10.3. The van der Waals surface area contributed by atoms with Gasteiger partial charge in [-0.3, -0.25) is 0 Å². The van der Waals surface area contributed by atoms with Crippen LogP contribution in [0.25, 0.3) is 10.9 Å². The van der Waals surface area contributed by atoms with Crippen molar-refractivity contribution in [2.75, 3.05) is 0 Å². The van der Waals surface area contributed by atoms with Crippen molar-refractivity contribution in [3.05, 3.63) is 36.0 Å². The number of aromatic nitrogens is 1. The van der Waals surface area contributed by atoms with Gasteiger partial charge in [0.2, 0.25) is 0 Å². The molecule has 0 spiro atoms. The van der Waals surface area contributed by atoms with Crippen LogP contribution in [-0.4, -0.2) is 28.7 Å². The number of para-hydroxylation sites is 1. The first-order valence-corrected chi connectivity index (χ1v) is 7.01. The molecule has 118 valence electrons. The van der Waals surface area contributed by atoms with E-state index in [2.05, 4.69) is 10.3 Å². The SMILES string of the molecule is CC(C)(C)OC(=O)N[C@@H](Cc1c[nH]c2ccccc12)C(=O)[O-].[Na+]. The second-order valence-electron chi connectivity index (χ2n) is 6.08. The maximum absolute atomic E-state index is 11.7. The molecule has 0 unspecified atom stereocenters. The zero-order chi connectivity index (χ0) is 16.3. The third-order valence-corrected chi connectivity index (χ3v) is 3.07. The molecule has 0 saturated heterocycles. The predicted octanol–water partition coefficient (Wildman–Crippen LogP) is -1.64. The first kappa shape index (κ1) is 19.5. The fourth-order valence-electron chi connectivity index (χ4n) is 2.16. The molecular weight excluding hydrogens is 307 g/mol.